The summed E-state index contributed by atoms with van der Waals surface area (Å²) in [6, 6.07) is 0. The molecule has 0 N–H and O–H groups in total. The fourth-order valence-corrected chi connectivity index (χ4v) is 16.3. The minimum atomic E-state index is -1.89. The molecule has 0 unspecified atom stereocenters. The smallest absolute Gasteiger partial charge is 0.244 e. The van der Waals surface area contributed by atoms with Crippen LogP contribution in [0.4, 0.5) is 0 Å². The van der Waals surface area contributed by atoms with E-state index in [-0.39, 0.29) is 11.1 Å². The van der Waals surface area contributed by atoms with Crippen LogP contribution in [0, 0.1) is 46.6 Å². The highest BCUT2D eigenvalue weighted by molar-refractivity contribution is 6.91. The maximum atomic E-state index is 12.1. The third-order valence-corrected chi connectivity index (χ3v) is 20.3. The van der Waals surface area contributed by atoms with Crippen LogP contribution < -0.4 is 10.9 Å². The summed E-state index contributed by atoms with van der Waals surface area (Å²) in [6.07, 6.45) is 0. The molecule has 0 bridgehead atoms. The molecule has 0 fully saturated rings. The van der Waals surface area contributed by atoms with Crippen LogP contribution >= 0.6 is 0 Å². The molecule has 34 heavy (non-hydrogen) atoms. The molecular formula is C30H42O2Si2. The van der Waals surface area contributed by atoms with Gasteiger partial charge >= 0.3 is 0 Å². The summed E-state index contributed by atoms with van der Waals surface area (Å²) in [5, 5.41) is 0. The van der Waals surface area contributed by atoms with E-state index in [1.165, 1.54) is 0 Å². The van der Waals surface area contributed by atoms with E-state index in [0.717, 1.165) is 0 Å². The van der Waals surface area contributed by atoms with E-state index >= 15 is 0 Å². The van der Waals surface area contributed by atoms with Crippen LogP contribution in [0.3, 0.4) is 0 Å². The Morgan fingerprint density at radius 3 is 0.882 bits per heavy atom. The molecule has 0 radical (unpaired) electrons. The summed E-state index contributed by atoms with van der Waals surface area (Å²) in [4.78, 5) is 24.2. The molecule has 0 saturated carbocycles. The van der Waals surface area contributed by atoms with Crippen molar-refractivity contribution in [3.8, 4) is 46.6 Å². The quantitative estimate of drug-likeness (QED) is 0.262. The second-order valence-corrected chi connectivity index (χ2v) is 22.4. The first-order valence-electron chi connectivity index (χ1n) is 12.6. The zero-order chi connectivity index (χ0) is 26.4. The van der Waals surface area contributed by atoms with Gasteiger partial charge in [-0.3, -0.25) is 9.59 Å². The number of hydrogen-bond acceptors (Lipinski definition) is 2. The Bertz CT molecular complexity index is 1050. The highest BCUT2D eigenvalue weighted by Crippen LogP contribution is 2.41. The second-order valence-electron chi connectivity index (χ2n) is 11.2. The standard InChI is InChI=1S/C30H42O2Si2/c1-21(2)33(22(3)4,23(5)6)19-15-13-17-27-28(30(32)29(27)31)18-14-16-20-34(24(7)8,25(9)10)26(11)12/h21-26H,1-12H3. The van der Waals surface area contributed by atoms with Gasteiger partial charge in [0.2, 0.25) is 10.9 Å². The van der Waals surface area contributed by atoms with E-state index in [0.29, 0.717) is 33.2 Å². The lowest BCUT2D eigenvalue weighted by Gasteiger charge is -2.37. The zero-order valence-corrected chi connectivity index (χ0v) is 25.3. The normalized spacial score (nSPS) is 11.8. The topological polar surface area (TPSA) is 34.1 Å². The van der Waals surface area contributed by atoms with Crippen molar-refractivity contribution in [1.29, 1.82) is 0 Å². The van der Waals surface area contributed by atoms with E-state index in [1.54, 1.807) is 0 Å². The van der Waals surface area contributed by atoms with Crippen LogP contribution in [-0.2, 0) is 0 Å². The van der Waals surface area contributed by atoms with Crippen LogP contribution in [0.5, 0.6) is 0 Å². The fraction of sp³-hybridized carbons (Fsp3) is 0.600. The van der Waals surface area contributed by atoms with E-state index in [1.807, 2.05) is 0 Å². The Kier molecular flexibility index (Phi) is 10.5. The SMILES string of the molecule is CC(C)[Si](C#CC#Cc1c(C#CC#C[Si](C(C)C)(C(C)C)C(C)C)c(=O)c1=O)(C(C)C)C(C)C. The Labute approximate surface area is 210 Å². The molecule has 0 aliphatic rings. The Hall–Kier alpha value is -2.25. The van der Waals surface area contributed by atoms with Crippen molar-refractivity contribution in [2.24, 2.45) is 0 Å². The summed E-state index contributed by atoms with van der Waals surface area (Å²) in [6.45, 7) is 26.9. The summed E-state index contributed by atoms with van der Waals surface area (Å²) in [5.41, 5.74) is 9.30. The lowest BCUT2D eigenvalue weighted by atomic mass is 10.0. The van der Waals surface area contributed by atoms with Crippen LogP contribution in [0.25, 0.3) is 0 Å². The molecule has 0 aromatic heterocycles. The molecule has 1 aromatic rings. The predicted molar refractivity (Wildman–Crippen MR) is 153 cm³/mol. The minimum absolute atomic E-state index is 0.180. The zero-order valence-electron chi connectivity index (χ0n) is 23.3. The molecule has 0 saturated heterocycles. The molecule has 0 aliphatic heterocycles. The second kappa shape index (κ2) is 11.9. The molecule has 4 heteroatoms. The minimum Gasteiger partial charge on any atom is -0.284 e. The highest BCUT2D eigenvalue weighted by Gasteiger charge is 2.42. The monoisotopic (exact) mass is 490 g/mol. The molecule has 0 atom stereocenters. The van der Waals surface area contributed by atoms with Gasteiger partial charge in [0.25, 0.3) is 0 Å². The van der Waals surface area contributed by atoms with Crippen LogP contribution in [-0.4, -0.2) is 16.1 Å². The van der Waals surface area contributed by atoms with E-state index in [9.17, 15) is 9.59 Å². The van der Waals surface area contributed by atoms with Gasteiger partial charge in [-0.25, -0.2) is 0 Å². The maximum absolute atomic E-state index is 12.1. The number of rotatable bonds is 6. The first kappa shape index (κ1) is 29.8. The third kappa shape index (κ3) is 5.69. The van der Waals surface area contributed by atoms with E-state index < -0.39 is 27.0 Å². The highest BCUT2D eigenvalue weighted by atomic mass is 28.3. The average Bonchev–Trinajstić information content (AvgIpc) is 2.72. The lowest BCUT2D eigenvalue weighted by Crippen LogP contribution is -2.43. The summed E-state index contributed by atoms with van der Waals surface area (Å²) in [5.74, 6) is 17.4. The van der Waals surface area contributed by atoms with Gasteiger partial charge in [-0.15, -0.1) is 11.1 Å². The van der Waals surface area contributed by atoms with Gasteiger partial charge in [0.1, 0.15) is 16.1 Å². The summed E-state index contributed by atoms with van der Waals surface area (Å²) in [7, 11) is -3.77. The van der Waals surface area contributed by atoms with Crippen molar-refractivity contribution < 1.29 is 0 Å². The molecule has 0 amide bonds. The van der Waals surface area contributed by atoms with Crippen molar-refractivity contribution in [2.45, 2.75) is 116 Å². The van der Waals surface area contributed by atoms with Crippen molar-refractivity contribution in [1.82, 2.24) is 0 Å². The molecule has 1 rings (SSSR count). The van der Waals surface area contributed by atoms with Crippen LogP contribution in [0.2, 0.25) is 33.2 Å². The molecular weight excluding hydrogens is 449 g/mol. The van der Waals surface area contributed by atoms with Crippen LogP contribution in [0.15, 0.2) is 9.59 Å². The van der Waals surface area contributed by atoms with Gasteiger partial charge in [-0.05, 0) is 68.8 Å². The predicted octanol–water partition coefficient (Wildman–Crippen LogP) is 6.43. The van der Waals surface area contributed by atoms with Crippen molar-refractivity contribution in [3.05, 3.63) is 31.6 Å². The Morgan fingerprint density at radius 1 is 0.441 bits per heavy atom. The lowest BCUT2D eigenvalue weighted by molar-refractivity contribution is 0.838. The number of hydrogen-bond donors (Lipinski definition) is 0. The van der Waals surface area contributed by atoms with Gasteiger partial charge in [0, 0.05) is 0 Å². The van der Waals surface area contributed by atoms with Gasteiger partial charge in [0.15, 0.2) is 0 Å². The van der Waals surface area contributed by atoms with Crippen molar-refractivity contribution in [3.63, 3.8) is 0 Å². The summed E-state index contributed by atoms with van der Waals surface area (Å²) < 4.78 is 0. The third-order valence-electron chi connectivity index (χ3n) is 7.70. The maximum Gasteiger partial charge on any atom is 0.244 e. The average molecular weight is 491 g/mol. The largest absolute Gasteiger partial charge is 0.284 e. The molecule has 0 spiro atoms. The van der Waals surface area contributed by atoms with E-state index in [2.05, 4.69) is 130 Å². The Balaban J connectivity index is 3.37. The molecule has 182 valence electrons. The fourth-order valence-electron chi connectivity index (χ4n) is 5.96. The van der Waals surface area contributed by atoms with Gasteiger partial charge in [-0.1, -0.05) is 83.1 Å². The Morgan fingerprint density at radius 2 is 0.676 bits per heavy atom. The first-order chi connectivity index (χ1) is 15.7. The summed E-state index contributed by atoms with van der Waals surface area (Å²) >= 11 is 0. The molecule has 1 aromatic carbocycles. The van der Waals surface area contributed by atoms with Crippen molar-refractivity contribution >= 4 is 16.1 Å². The van der Waals surface area contributed by atoms with E-state index in [4.69, 9.17) is 0 Å². The van der Waals surface area contributed by atoms with Gasteiger partial charge in [-0.2, -0.15) is 0 Å². The van der Waals surface area contributed by atoms with Gasteiger partial charge < -0.3 is 0 Å². The molecule has 0 heterocycles. The molecule has 2 nitrogen and oxygen atoms in total. The van der Waals surface area contributed by atoms with Gasteiger partial charge in [0.05, 0.1) is 11.1 Å². The first-order valence-corrected chi connectivity index (χ1v) is 17.0. The molecule has 0 aliphatic carbocycles. The van der Waals surface area contributed by atoms with Crippen LogP contribution in [0.1, 0.15) is 94.2 Å². The van der Waals surface area contributed by atoms with Crippen molar-refractivity contribution in [2.75, 3.05) is 0 Å².